The van der Waals surface area contributed by atoms with Gasteiger partial charge >= 0.3 is 14.2 Å². The van der Waals surface area contributed by atoms with Crippen molar-refractivity contribution in [3.63, 3.8) is 0 Å². The summed E-state index contributed by atoms with van der Waals surface area (Å²) in [4.78, 5) is 0. The second-order valence-electron chi connectivity index (χ2n) is 8.88. The molecule has 2 saturated heterocycles. The second kappa shape index (κ2) is 6.84. The van der Waals surface area contributed by atoms with Crippen molar-refractivity contribution in [1.82, 2.24) is 0 Å². The second-order valence-corrected chi connectivity index (χ2v) is 8.88. The molecule has 2 unspecified atom stereocenters. The van der Waals surface area contributed by atoms with E-state index in [1.54, 1.807) is 0 Å². The van der Waals surface area contributed by atoms with Crippen LogP contribution >= 0.6 is 0 Å². The van der Waals surface area contributed by atoms with Gasteiger partial charge in [-0.1, -0.05) is 34.6 Å². The predicted octanol–water partition coefficient (Wildman–Crippen LogP) is 3.81. The molecule has 0 aromatic rings. The summed E-state index contributed by atoms with van der Waals surface area (Å²) in [6, 6.07) is 0. The third kappa shape index (κ3) is 4.73. The molecule has 126 valence electrons. The highest BCUT2D eigenvalue weighted by molar-refractivity contribution is 6.49. The molecule has 0 aromatic carbocycles. The number of hydrogen-bond acceptors (Lipinski definition) is 4. The Hall–Kier alpha value is -0.0301. The smallest absolute Gasteiger partial charge is 0.410 e. The lowest BCUT2D eigenvalue weighted by molar-refractivity contribution is 0.0133. The number of rotatable bonds is 3. The van der Waals surface area contributed by atoms with Crippen molar-refractivity contribution in [2.45, 2.75) is 84.1 Å². The fourth-order valence-corrected chi connectivity index (χ4v) is 3.40. The minimum absolute atomic E-state index is 0.0287. The summed E-state index contributed by atoms with van der Waals surface area (Å²) >= 11 is 0. The van der Waals surface area contributed by atoms with E-state index in [9.17, 15) is 0 Å². The average Bonchev–Trinajstić information content (AvgIpc) is 2.36. The van der Waals surface area contributed by atoms with E-state index in [0.29, 0.717) is 5.92 Å². The molecule has 22 heavy (non-hydrogen) atoms. The Morgan fingerprint density at radius 2 is 1.36 bits per heavy atom. The zero-order chi connectivity index (χ0) is 16.5. The van der Waals surface area contributed by atoms with Gasteiger partial charge in [-0.3, -0.25) is 0 Å². The van der Waals surface area contributed by atoms with Gasteiger partial charge in [0.25, 0.3) is 0 Å². The molecule has 2 aliphatic rings. The summed E-state index contributed by atoms with van der Waals surface area (Å²) in [6.45, 7) is 16.6. The van der Waals surface area contributed by atoms with Crippen LogP contribution in [0, 0.1) is 5.92 Å². The summed E-state index contributed by atoms with van der Waals surface area (Å²) in [5, 5.41) is -0.0180. The van der Waals surface area contributed by atoms with Crippen LogP contribution in [0.1, 0.15) is 61.3 Å². The maximum Gasteiger partial charge on any atom is 0.463 e. The monoisotopic (exact) mass is 310 g/mol. The van der Waals surface area contributed by atoms with Crippen LogP contribution in [-0.4, -0.2) is 39.7 Å². The van der Waals surface area contributed by atoms with Crippen molar-refractivity contribution in [3.8, 4) is 0 Å². The summed E-state index contributed by atoms with van der Waals surface area (Å²) in [7, 11) is -0.249. The maximum atomic E-state index is 6.03. The van der Waals surface area contributed by atoms with Gasteiger partial charge < -0.3 is 18.6 Å². The Balaban J connectivity index is 1.87. The fraction of sp³-hybridized carbons (Fsp3) is 1.00. The van der Waals surface area contributed by atoms with Crippen LogP contribution in [-0.2, 0) is 18.6 Å². The van der Waals surface area contributed by atoms with Gasteiger partial charge in [-0.05, 0) is 32.0 Å². The minimum Gasteiger partial charge on any atom is -0.410 e. The van der Waals surface area contributed by atoms with E-state index in [4.69, 9.17) is 18.6 Å². The molecule has 0 aliphatic carbocycles. The van der Waals surface area contributed by atoms with E-state index in [1.165, 1.54) is 0 Å². The maximum absolute atomic E-state index is 6.03. The van der Waals surface area contributed by atoms with Gasteiger partial charge in [-0.25, -0.2) is 0 Å². The first-order valence-electron chi connectivity index (χ1n) is 8.62. The van der Waals surface area contributed by atoms with Crippen molar-refractivity contribution in [2.24, 2.45) is 5.92 Å². The summed E-state index contributed by atoms with van der Waals surface area (Å²) in [5.41, 5.74) is 0. The first-order valence-corrected chi connectivity index (χ1v) is 8.62. The van der Waals surface area contributed by atoms with Gasteiger partial charge in [0.15, 0.2) is 0 Å². The highest BCUT2D eigenvalue weighted by Gasteiger charge is 2.46. The quantitative estimate of drug-likeness (QED) is 0.743. The molecule has 0 amide bonds. The highest BCUT2D eigenvalue weighted by Crippen LogP contribution is 2.42. The molecule has 0 N–H and O–H groups in total. The van der Waals surface area contributed by atoms with Gasteiger partial charge in [0.2, 0.25) is 0 Å². The van der Waals surface area contributed by atoms with Crippen LogP contribution in [0.4, 0.5) is 0 Å². The predicted molar refractivity (Wildman–Crippen MR) is 91.0 cm³/mol. The van der Waals surface area contributed by atoms with Crippen molar-refractivity contribution in [2.75, 3.05) is 13.2 Å². The molecule has 0 radical (unpaired) electrons. The van der Waals surface area contributed by atoms with Crippen molar-refractivity contribution in [1.29, 1.82) is 0 Å². The van der Waals surface area contributed by atoms with Crippen LogP contribution in [0.5, 0.6) is 0 Å². The van der Waals surface area contributed by atoms with Crippen molar-refractivity contribution >= 4 is 14.2 Å². The Morgan fingerprint density at radius 1 is 0.864 bits per heavy atom. The lowest BCUT2D eigenvalue weighted by Crippen LogP contribution is -2.47. The Labute approximate surface area is 136 Å². The van der Waals surface area contributed by atoms with Crippen LogP contribution < -0.4 is 0 Å². The molecule has 0 saturated carbocycles. The zero-order valence-electron chi connectivity index (χ0n) is 15.3. The fourth-order valence-electron chi connectivity index (χ4n) is 3.40. The molecule has 2 rings (SSSR count). The minimum atomic E-state index is -0.147. The molecular weight excluding hydrogens is 278 g/mol. The Kier molecular flexibility index (Phi) is 5.69. The molecule has 4 nitrogen and oxygen atoms in total. The topological polar surface area (TPSA) is 36.9 Å². The lowest BCUT2D eigenvalue weighted by Gasteiger charge is -2.41. The summed E-state index contributed by atoms with van der Waals surface area (Å²) < 4.78 is 23.9. The highest BCUT2D eigenvalue weighted by atomic mass is 16.6. The average molecular weight is 310 g/mol. The van der Waals surface area contributed by atoms with E-state index < -0.39 is 0 Å². The Morgan fingerprint density at radius 3 is 1.82 bits per heavy atom. The van der Waals surface area contributed by atoms with E-state index >= 15 is 0 Å². The standard InChI is InChI=1S/C16H32B2O4/c1-12-8-13(2)22-18(21-12)16(6,7)9-14-10-19-17(20-11-14)15(3,4)5/h12-14H,8-11H2,1-7H3. The molecule has 2 fully saturated rings. The molecule has 2 atom stereocenters. The van der Waals surface area contributed by atoms with Gasteiger partial charge in [-0.2, -0.15) is 0 Å². The molecule has 0 bridgehead atoms. The van der Waals surface area contributed by atoms with E-state index in [0.717, 1.165) is 26.1 Å². The molecule has 0 spiro atoms. The van der Waals surface area contributed by atoms with Crippen LogP contribution in [0.3, 0.4) is 0 Å². The van der Waals surface area contributed by atoms with Crippen LogP contribution in [0.2, 0.25) is 10.6 Å². The number of hydrogen-bond donors (Lipinski definition) is 0. The Bertz CT molecular complexity index is 352. The zero-order valence-corrected chi connectivity index (χ0v) is 15.3. The van der Waals surface area contributed by atoms with Gasteiger partial charge in [0, 0.05) is 36.7 Å². The normalized spacial score (nSPS) is 29.0. The van der Waals surface area contributed by atoms with Crippen LogP contribution in [0.15, 0.2) is 0 Å². The summed E-state index contributed by atoms with van der Waals surface area (Å²) in [6.07, 6.45) is 2.47. The third-order valence-corrected chi connectivity index (χ3v) is 4.50. The molecule has 2 aliphatic heterocycles. The SMILES string of the molecule is CC1CC(C)OB(C(C)(C)CC2COB(C(C)(C)C)OC2)O1. The summed E-state index contributed by atoms with van der Waals surface area (Å²) in [5.74, 6) is 0.397. The third-order valence-electron chi connectivity index (χ3n) is 4.50. The first kappa shape index (κ1) is 18.3. The molecule has 2 heterocycles. The van der Waals surface area contributed by atoms with E-state index in [2.05, 4.69) is 48.5 Å². The van der Waals surface area contributed by atoms with E-state index in [-0.39, 0.29) is 37.1 Å². The van der Waals surface area contributed by atoms with Gasteiger partial charge in [-0.15, -0.1) is 0 Å². The van der Waals surface area contributed by atoms with Crippen LogP contribution in [0.25, 0.3) is 0 Å². The van der Waals surface area contributed by atoms with E-state index in [1.807, 2.05) is 0 Å². The molecule has 0 aromatic heterocycles. The van der Waals surface area contributed by atoms with Crippen molar-refractivity contribution in [3.05, 3.63) is 0 Å². The van der Waals surface area contributed by atoms with Crippen molar-refractivity contribution < 1.29 is 18.6 Å². The van der Waals surface area contributed by atoms with Gasteiger partial charge in [0.1, 0.15) is 0 Å². The largest absolute Gasteiger partial charge is 0.463 e. The lowest BCUT2D eigenvalue weighted by atomic mass is 9.55. The molecule has 6 heteroatoms. The first-order chi connectivity index (χ1) is 10.1. The van der Waals surface area contributed by atoms with Gasteiger partial charge in [0.05, 0.1) is 0 Å². The molecular formula is C16H32B2O4.